The third-order valence-corrected chi connectivity index (χ3v) is 6.91. The van der Waals surface area contributed by atoms with E-state index in [9.17, 15) is 9.59 Å². The van der Waals surface area contributed by atoms with Crippen LogP contribution >= 0.6 is 23.1 Å². The number of thiophene rings is 1. The number of thioether (sulfide) groups is 1. The van der Waals surface area contributed by atoms with Crippen LogP contribution in [0.25, 0.3) is 15.9 Å². The highest BCUT2D eigenvalue weighted by Gasteiger charge is 2.22. The number of aromatic nitrogens is 6. The second-order valence-corrected chi connectivity index (χ2v) is 9.05. The maximum absolute atomic E-state index is 12.8. The van der Waals surface area contributed by atoms with Crippen LogP contribution in [-0.4, -0.2) is 49.9 Å². The fourth-order valence-corrected chi connectivity index (χ4v) is 5.04. The molecule has 0 amide bonds. The van der Waals surface area contributed by atoms with Crippen molar-refractivity contribution in [3.63, 3.8) is 0 Å². The molecule has 1 unspecified atom stereocenters. The number of ether oxygens (including phenoxy) is 2. The molecule has 1 aromatic carbocycles. The van der Waals surface area contributed by atoms with Crippen molar-refractivity contribution >= 4 is 39.3 Å². The third kappa shape index (κ3) is 4.10. The predicted octanol–water partition coefficient (Wildman–Crippen LogP) is 3.31. The molecule has 0 aliphatic rings. The summed E-state index contributed by atoms with van der Waals surface area (Å²) in [6, 6.07) is 7.34. The van der Waals surface area contributed by atoms with Crippen LogP contribution in [-0.2, 0) is 4.74 Å². The largest absolute Gasteiger partial charge is 0.497 e. The first-order valence-electron chi connectivity index (χ1n) is 9.72. The number of methoxy groups -OCH3 is 1. The van der Waals surface area contributed by atoms with Crippen LogP contribution < -0.4 is 10.3 Å². The molecule has 166 valence electrons. The summed E-state index contributed by atoms with van der Waals surface area (Å²) >= 11 is 2.51. The first kappa shape index (κ1) is 22.0. The minimum Gasteiger partial charge on any atom is -0.497 e. The molecule has 32 heavy (non-hydrogen) atoms. The first-order chi connectivity index (χ1) is 15.4. The lowest BCUT2D eigenvalue weighted by Gasteiger charge is -2.10. The van der Waals surface area contributed by atoms with Crippen LogP contribution in [0.15, 0.2) is 34.2 Å². The molecule has 1 N–H and O–H groups in total. The van der Waals surface area contributed by atoms with E-state index in [0.717, 1.165) is 22.8 Å². The second-order valence-electron chi connectivity index (χ2n) is 6.74. The van der Waals surface area contributed by atoms with Crippen molar-refractivity contribution in [3.05, 3.63) is 50.9 Å². The van der Waals surface area contributed by atoms with Gasteiger partial charge >= 0.3 is 5.97 Å². The molecule has 0 spiro atoms. The number of nitrogens with zero attached hydrogens (tertiary/aromatic N) is 5. The minimum absolute atomic E-state index is 0.261. The average molecular weight is 473 g/mol. The van der Waals surface area contributed by atoms with E-state index >= 15 is 0 Å². The number of H-pyrrole nitrogens is 1. The fourth-order valence-electron chi connectivity index (χ4n) is 3.10. The van der Waals surface area contributed by atoms with Gasteiger partial charge in [-0.05, 0) is 61.0 Å². The average Bonchev–Trinajstić information content (AvgIpc) is 3.38. The molecule has 0 saturated carbocycles. The van der Waals surface area contributed by atoms with Gasteiger partial charge in [0.25, 0.3) is 5.56 Å². The molecule has 3 heterocycles. The van der Waals surface area contributed by atoms with Crippen LogP contribution in [0.1, 0.15) is 40.2 Å². The quantitative estimate of drug-likeness (QED) is 0.318. The number of aryl methyl sites for hydroxylation is 1. The SMILES string of the molecule is CCOC(=O)c1sc2nc(C(C)Sc3nnnn3-c3ccc(OC)cc3)[nH]c(=O)c2c1C. The lowest BCUT2D eigenvalue weighted by molar-refractivity contribution is 0.0531. The Morgan fingerprint density at radius 3 is 2.75 bits per heavy atom. The normalized spacial score (nSPS) is 12.1. The number of aromatic amines is 1. The Morgan fingerprint density at radius 2 is 2.06 bits per heavy atom. The van der Waals surface area contributed by atoms with Crippen LogP contribution in [0.2, 0.25) is 0 Å². The highest BCUT2D eigenvalue weighted by molar-refractivity contribution is 7.99. The van der Waals surface area contributed by atoms with Gasteiger partial charge in [0.05, 0.1) is 30.0 Å². The maximum Gasteiger partial charge on any atom is 0.348 e. The molecule has 4 aromatic rings. The summed E-state index contributed by atoms with van der Waals surface area (Å²) in [5.41, 5.74) is 1.05. The second kappa shape index (κ2) is 9.09. The summed E-state index contributed by atoms with van der Waals surface area (Å²) in [5, 5.41) is 12.6. The topological polar surface area (TPSA) is 125 Å². The van der Waals surface area contributed by atoms with Gasteiger partial charge in [0.1, 0.15) is 21.3 Å². The molecule has 0 saturated heterocycles. The number of rotatable bonds is 7. The van der Waals surface area contributed by atoms with Gasteiger partial charge in [-0.2, -0.15) is 4.68 Å². The van der Waals surface area contributed by atoms with Gasteiger partial charge in [-0.25, -0.2) is 9.78 Å². The maximum atomic E-state index is 12.8. The van der Waals surface area contributed by atoms with Crippen molar-refractivity contribution in [3.8, 4) is 11.4 Å². The van der Waals surface area contributed by atoms with E-state index in [0.29, 0.717) is 31.6 Å². The van der Waals surface area contributed by atoms with Gasteiger partial charge < -0.3 is 14.5 Å². The number of esters is 1. The standard InChI is InChI=1S/C20H20N6O4S2/c1-5-30-19(28)15-10(2)14-17(27)21-16(22-18(14)32-15)11(3)31-20-23-24-25-26(20)12-6-8-13(29-4)9-7-12/h6-9,11H,5H2,1-4H3,(H,21,22,27). The Hall–Kier alpha value is -3.25. The summed E-state index contributed by atoms with van der Waals surface area (Å²) in [6.45, 7) is 5.62. The van der Waals surface area contributed by atoms with Crippen molar-refractivity contribution in [2.75, 3.05) is 13.7 Å². The minimum atomic E-state index is -0.449. The Balaban J connectivity index is 1.64. The van der Waals surface area contributed by atoms with E-state index in [-0.39, 0.29) is 17.4 Å². The summed E-state index contributed by atoms with van der Waals surface area (Å²) in [5.74, 6) is 0.747. The smallest absolute Gasteiger partial charge is 0.348 e. The monoisotopic (exact) mass is 472 g/mol. The van der Waals surface area contributed by atoms with Gasteiger partial charge in [-0.15, -0.1) is 16.4 Å². The van der Waals surface area contributed by atoms with Crippen LogP contribution in [0.5, 0.6) is 5.75 Å². The molecule has 1 atom stereocenters. The number of hydrogen-bond donors (Lipinski definition) is 1. The highest BCUT2D eigenvalue weighted by atomic mass is 32.2. The molecule has 12 heteroatoms. The molecular formula is C20H20N6O4S2. The zero-order valence-electron chi connectivity index (χ0n) is 17.8. The predicted molar refractivity (Wildman–Crippen MR) is 121 cm³/mol. The molecule has 0 aliphatic heterocycles. The molecular weight excluding hydrogens is 452 g/mol. The van der Waals surface area contributed by atoms with Crippen LogP contribution in [0.4, 0.5) is 0 Å². The van der Waals surface area contributed by atoms with E-state index in [4.69, 9.17) is 9.47 Å². The fraction of sp³-hybridized carbons (Fsp3) is 0.300. The van der Waals surface area contributed by atoms with Gasteiger partial charge in [0, 0.05) is 0 Å². The molecule has 0 radical (unpaired) electrons. The number of nitrogens with one attached hydrogen (secondary N) is 1. The van der Waals surface area contributed by atoms with Gasteiger partial charge in [0.2, 0.25) is 5.16 Å². The van der Waals surface area contributed by atoms with Gasteiger partial charge in [-0.1, -0.05) is 11.8 Å². The Kier molecular flexibility index (Phi) is 6.24. The highest BCUT2D eigenvalue weighted by Crippen LogP contribution is 2.34. The van der Waals surface area contributed by atoms with Crippen molar-refractivity contribution in [1.29, 1.82) is 0 Å². The van der Waals surface area contributed by atoms with Crippen molar-refractivity contribution in [2.24, 2.45) is 0 Å². The summed E-state index contributed by atoms with van der Waals surface area (Å²) < 4.78 is 11.9. The van der Waals surface area contributed by atoms with Gasteiger partial charge in [-0.3, -0.25) is 4.79 Å². The van der Waals surface area contributed by atoms with E-state index in [1.807, 2.05) is 31.2 Å². The number of fused-ring (bicyclic) bond motifs is 1. The number of carbonyl (C=O) groups is 1. The molecule has 0 fully saturated rings. The van der Waals surface area contributed by atoms with E-state index in [1.54, 1.807) is 25.6 Å². The zero-order chi connectivity index (χ0) is 22.8. The van der Waals surface area contributed by atoms with E-state index in [2.05, 4.69) is 25.5 Å². The lowest BCUT2D eigenvalue weighted by Crippen LogP contribution is -2.13. The van der Waals surface area contributed by atoms with E-state index < -0.39 is 5.97 Å². The van der Waals surface area contributed by atoms with E-state index in [1.165, 1.54) is 11.8 Å². The lowest BCUT2D eigenvalue weighted by atomic mass is 10.2. The van der Waals surface area contributed by atoms with Gasteiger partial charge in [0.15, 0.2) is 0 Å². The molecule has 10 nitrogen and oxygen atoms in total. The summed E-state index contributed by atoms with van der Waals surface area (Å²) in [6.07, 6.45) is 0. The molecule has 4 rings (SSSR count). The number of benzene rings is 1. The number of hydrogen-bond acceptors (Lipinski definition) is 10. The van der Waals surface area contributed by atoms with Crippen LogP contribution in [0, 0.1) is 6.92 Å². The van der Waals surface area contributed by atoms with Crippen molar-refractivity contribution in [2.45, 2.75) is 31.2 Å². The number of tetrazole rings is 1. The molecule has 3 aromatic heterocycles. The summed E-state index contributed by atoms with van der Waals surface area (Å²) in [7, 11) is 1.60. The first-order valence-corrected chi connectivity index (χ1v) is 11.4. The van der Waals surface area contributed by atoms with Crippen molar-refractivity contribution < 1.29 is 14.3 Å². The molecule has 0 aliphatic carbocycles. The Labute approximate surface area is 191 Å². The molecule has 0 bridgehead atoms. The Bertz CT molecular complexity index is 1330. The zero-order valence-corrected chi connectivity index (χ0v) is 19.4. The third-order valence-electron chi connectivity index (χ3n) is 4.70. The summed E-state index contributed by atoms with van der Waals surface area (Å²) in [4.78, 5) is 33.3. The Morgan fingerprint density at radius 1 is 1.31 bits per heavy atom. The van der Waals surface area contributed by atoms with Crippen molar-refractivity contribution in [1.82, 2.24) is 30.2 Å². The number of carbonyl (C=O) groups excluding carboxylic acids is 1. The van der Waals surface area contributed by atoms with Crippen LogP contribution in [0.3, 0.4) is 0 Å².